The molecule has 0 radical (unpaired) electrons. The van der Waals surface area contributed by atoms with Crippen molar-refractivity contribution in [2.75, 3.05) is 19.3 Å². The maximum Gasteiger partial charge on any atom is 0.246 e. The Morgan fingerprint density at radius 1 is 1.64 bits per heavy atom. The number of amides is 2. The maximum absolute atomic E-state index is 11.6. The second-order valence-electron chi connectivity index (χ2n) is 2.94. The Labute approximate surface area is 89.8 Å². The van der Waals surface area contributed by atoms with Crippen molar-refractivity contribution in [2.45, 2.75) is 13.0 Å². The molecule has 0 rings (SSSR count). The number of likely N-dealkylation sites (N-methyl/N-ethyl adjacent to an activating group) is 1. The third kappa shape index (κ3) is 4.32. The number of thiol groups is 1. The van der Waals surface area contributed by atoms with E-state index in [0.29, 0.717) is 12.3 Å². The van der Waals surface area contributed by atoms with Crippen LogP contribution in [0, 0.1) is 0 Å². The monoisotopic (exact) mass is 216 g/mol. The summed E-state index contributed by atoms with van der Waals surface area (Å²) in [5, 5.41) is 2.53. The van der Waals surface area contributed by atoms with Gasteiger partial charge in [0.2, 0.25) is 11.8 Å². The van der Waals surface area contributed by atoms with Crippen LogP contribution in [0.5, 0.6) is 0 Å². The minimum atomic E-state index is -0.555. The summed E-state index contributed by atoms with van der Waals surface area (Å²) in [5.41, 5.74) is 0. The van der Waals surface area contributed by atoms with Gasteiger partial charge in [-0.2, -0.15) is 12.6 Å². The number of rotatable bonds is 5. The first-order valence-corrected chi connectivity index (χ1v) is 4.90. The van der Waals surface area contributed by atoms with Crippen LogP contribution in [0.1, 0.15) is 6.92 Å². The molecule has 1 atom stereocenters. The first-order chi connectivity index (χ1) is 6.52. The van der Waals surface area contributed by atoms with Crippen LogP contribution in [0.2, 0.25) is 0 Å². The van der Waals surface area contributed by atoms with Gasteiger partial charge in [0.05, 0.1) is 0 Å². The number of nitrogens with one attached hydrogen (secondary N) is 1. The normalized spacial score (nSPS) is 11.6. The molecule has 0 aromatic carbocycles. The van der Waals surface area contributed by atoms with Crippen molar-refractivity contribution < 1.29 is 9.59 Å². The van der Waals surface area contributed by atoms with Gasteiger partial charge in [0.25, 0.3) is 0 Å². The molecule has 0 aromatic rings. The van der Waals surface area contributed by atoms with E-state index in [0.717, 1.165) is 0 Å². The van der Waals surface area contributed by atoms with Crippen molar-refractivity contribution in [3.63, 3.8) is 0 Å². The minimum absolute atomic E-state index is 0.157. The van der Waals surface area contributed by atoms with E-state index >= 15 is 0 Å². The van der Waals surface area contributed by atoms with Crippen LogP contribution in [0.15, 0.2) is 12.7 Å². The van der Waals surface area contributed by atoms with Crippen molar-refractivity contribution >= 4 is 24.4 Å². The van der Waals surface area contributed by atoms with Gasteiger partial charge in [-0.1, -0.05) is 6.08 Å². The zero-order chi connectivity index (χ0) is 11.1. The number of nitrogens with zero attached hydrogens (tertiary/aromatic N) is 1. The van der Waals surface area contributed by atoms with Crippen LogP contribution < -0.4 is 5.32 Å². The Morgan fingerprint density at radius 2 is 2.21 bits per heavy atom. The molecular formula is C9H16N2O2S. The molecule has 1 unspecified atom stereocenters. The number of carbonyl (C=O) groups is 2. The zero-order valence-corrected chi connectivity index (χ0v) is 9.38. The average Bonchev–Trinajstić information content (AvgIpc) is 2.13. The topological polar surface area (TPSA) is 49.4 Å². The minimum Gasteiger partial charge on any atom is -0.344 e. The highest BCUT2D eigenvalue weighted by molar-refractivity contribution is 7.80. The van der Waals surface area contributed by atoms with E-state index in [2.05, 4.69) is 24.5 Å². The standard InChI is InChI=1S/C9H16N2O2S/c1-4-5-11(3)9(13)8(6-14)10-7(2)12/h4,8,14H,1,5-6H2,2-3H3,(H,10,12). The first-order valence-electron chi connectivity index (χ1n) is 4.26. The van der Waals surface area contributed by atoms with E-state index in [1.165, 1.54) is 11.8 Å². The van der Waals surface area contributed by atoms with Crippen LogP contribution in [0.4, 0.5) is 0 Å². The lowest BCUT2D eigenvalue weighted by molar-refractivity contribution is -0.133. The van der Waals surface area contributed by atoms with Crippen molar-refractivity contribution in [2.24, 2.45) is 0 Å². The molecule has 1 N–H and O–H groups in total. The molecule has 2 amide bonds. The number of carbonyl (C=O) groups excluding carboxylic acids is 2. The zero-order valence-electron chi connectivity index (χ0n) is 8.49. The van der Waals surface area contributed by atoms with Crippen LogP contribution in [-0.2, 0) is 9.59 Å². The third-order valence-electron chi connectivity index (χ3n) is 1.64. The second kappa shape index (κ2) is 6.48. The van der Waals surface area contributed by atoms with E-state index < -0.39 is 6.04 Å². The summed E-state index contributed by atoms with van der Waals surface area (Å²) in [6.07, 6.45) is 1.63. The lowest BCUT2D eigenvalue weighted by atomic mass is 10.3. The van der Waals surface area contributed by atoms with Crippen molar-refractivity contribution in [3.8, 4) is 0 Å². The van der Waals surface area contributed by atoms with Gasteiger partial charge in [-0.25, -0.2) is 0 Å². The van der Waals surface area contributed by atoms with Crippen LogP contribution in [-0.4, -0.2) is 42.1 Å². The van der Waals surface area contributed by atoms with E-state index in [1.54, 1.807) is 13.1 Å². The summed E-state index contributed by atoms with van der Waals surface area (Å²) in [5.74, 6) is -0.0978. The molecule has 5 heteroatoms. The maximum atomic E-state index is 11.6. The Hall–Kier alpha value is -0.970. The fraction of sp³-hybridized carbons (Fsp3) is 0.556. The molecule has 0 saturated heterocycles. The lowest BCUT2D eigenvalue weighted by Gasteiger charge is -2.21. The molecule has 0 aliphatic rings. The molecule has 4 nitrogen and oxygen atoms in total. The molecule has 0 aromatic heterocycles. The Morgan fingerprint density at radius 3 is 2.57 bits per heavy atom. The second-order valence-corrected chi connectivity index (χ2v) is 3.31. The van der Waals surface area contributed by atoms with Gasteiger partial charge in [-0.3, -0.25) is 9.59 Å². The highest BCUT2D eigenvalue weighted by atomic mass is 32.1. The van der Waals surface area contributed by atoms with E-state index in [9.17, 15) is 9.59 Å². The summed E-state index contributed by atoms with van der Waals surface area (Å²) in [6.45, 7) is 5.36. The SMILES string of the molecule is C=CCN(C)C(=O)C(CS)NC(C)=O. The van der Waals surface area contributed by atoms with Gasteiger partial charge >= 0.3 is 0 Å². The Kier molecular flexibility index (Phi) is 6.03. The van der Waals surface area contributed by atoms with Gasteiger partial charge in [0.1, 0.15) is 6.04 Å². The summed E-state index contributed by atoms with van der Waals surface area (Å²) >= 11 is 4.00. The third-order valence-corrected chi connectivity index (χ3v) is 2.00. The Balaban J connectivity index is 4.29. The predicted molar refractivity (Wildman–Crippen MR) is 59.3 cm³/mol. The number of hydrogen-bond donors (Lipinski definition) is 2. The molecule has 0 spiro atoms. The van der Waals surface area contributed by atoms with Crippen LogP contribution in [0.25, 0.3) is 0 Å². The smallest absolute Gasteiger partial charge is 0.246 e. The quantitative estimate of drug-likeness (QED) is 0.504. The van der Waals surface area contributed by atoms with Crippen molar-refractivity contribution in [1.82, 2.24) is 10.2 Å². The van der Waals surface area contributed by atoms with Crippen molar-refractivity contribution in [1.29, 1.82) is 0 Å². The van der Waals surface area contributed by atoms with Gasteiger partial charge in [-0.15, -0.1) is 6.58 Å². The Bertz CT molecular complexity index is 231. The molecule has 80 valence electrons. The van der Waals surface area contributed by atoms with E-state index in [1.807, 2.05) is 0 Å². The first kappa shape index (κ1) is 13.0. The molecule has 14 heavy (non-hydrogen) atoms. The average molecular weight is 216 g/mol. The molecular weight excluding hydrogens is 200 g/mol. The summed E-state index contributed by atoms with van der Waals surface area (Å²) < 4.78 is 0. The molecule has 0 saturated carbocycles. The van der Waals surface area contributed by atoms with Crippen LogP contribution >= 0.6 is 12.6 Å². The van der Waals surface area contributed by atoms with Gasteiger partial charge < -0.3 is 10.2 Å². The highest BCUT2D eigenvalue weighted by Crippen LogP contribution is 1.95. The van der Waals surface area contributed by atoms with Gasteiger partial charge in [0.15, 0.2) is 0 Å². The van der Waals surface area contributed by atoms with Gasteiger partial charge in [-0.05, 0) is 0 Å². The summed E-state index contributed by atoms with van der Waals surface area (Å²) in [4.78, 5) is 23.9. The highest BCUT2D eigenvalue weighted by Gasteiger charge is 2.20. The molecule has 0 heterocycles. The van der Waals surface area contributed by atoms with Crippen molar-refractivity contribution in [3.05, 3.63) is 12.7 Å². The molecule has 0 aliphatic heterocycles. The summed E-state index contributed by atoms with van der Waals surface area (Å²) in [6, 6.07) is -0.555. The van der Waals surface area contributed by atoms with Gasteiger partial charge in [0, 0.05) is 26.3 Å². The van der Waals surface area contributed by atoms with E-state index in [-0.39, 0.29) is 11.8 Å². The predicted octanol–water partition coefficient (Wildman–Crippen LogP) is 0.0653. The molecule has 0 aliphatic carbocycles. The van der Waals surface area contributed by atoms with E-state index in [4.69, 9.17) is 0 Å². The summed E-state index contributed by atoms with van der Waals surface area (Å²) in [7, 11) is 1.66. The fourth-order valence-corrected chi connectivity index (χ4v) is 1.23. The molecule has 0 fully saturated rings. The largest absolute Gasteiger partial charge is 0.344 e. The number of hydrogen-bond acceptors (Lipinski definition) is 3. The molecule has 0 bridgehead atoms. The fourth-order valence-electron chi connectivity index (χ4n) is 0.980. The lowest BCUT2D eigenvalue weighted by Crippen LogP contribution is -2.47. The van der Waals surface area contributed by atoms with Crippen LogP contribution in [0.3, 0.4) is 0 Å².